The second kappa shape index (κ2) is 72.6. The van der Waals surface area contributed by atoms with Crippen LogP contribution in [0.1, 0.15) is 427 Å². The highest BCUT2D eigenvalue weighted by molar-refractivity contribution is 7.47. The number of carbonyl (C=O) groups is 4. The van der Waals surface area contributed by atoms with Crippen molar-refractivity contribution in [2.75, 3.05) is 39.6 Å². The van der Waals surface area contributed by atoms with Crippen molar-refractivity contribution >= 4 is 39.5 Å². The van der Waals surface area contributed by atoms with Gasteiger partial charge in [0.25, 0.3) is 0 Å². The van der Waals surface area contributed by atoms with Crippen LogP contribution in [-0.2, 0) is 65.4 Å². The highest BCUT2D eigenvalue weighted by Crippen LogP contribution is 2.45. The van der Waals surface area contributed by atoms with Gasteiger partial charge in [-0.05, 0) is 37.5 Å². The lowest BCUT2D eigenvalue weighted by atomic mass is 10.00. The van der Waals surface area contributed by atoms with Gasteiger partial charge in [-0.3, -0.25) is 37.3 Å². The molecule has 0 fully saturated rings. The lowest BCUT2D eigenvalue weighted by Gasteiger charge is -2.21. The van der Waals surface area contributed by atoms with Crippen LogP contribution in [0.2, 0.25) is 0 Å². The number of hydrogen-bond acceptors (Lipinski definition) is 15. The number of aliphatic hydroxyl groups is 1. The highest BCUT2D eigenvalue weighted by Gasteiger charge is 2.30. The fourth-order valence-corrected chi connectivity index (χ4v) is 14.1. The van der Waals surface area contributed by atoms with Crippen LogP contribution >= 0.6 is 15.6 Å². The molecule has 0 heterocycles. The number of carbonyl (C=O) groups excluding carboxylic acids is 4. The van der Waals surface area contributed by atoms with Gasteiger partial charge in [0.05, 0.1) is 26.4 Å². The topological polar surface area (TPSA) is 237 Å². The lowest BCUT2D eigenvalue weighted by Crippen LogP contribution is -2.30. The number of esters is 4. The molecule has 3 unspecified atom stereocenters. The van der Waals surface area contributed by atoms with E-state index >= 15 is 0 Å². The minimum atomic E-state index is -4.96. The van der Waals surface area contributed by atoms with Crippen LogP contribution in [0.5, 0.6) is 0 Å². The molecule has 0 amide bonds. The van der Waals surface area contributed by atoms with Gasteiger partial charge >= 0.3 is 39.5 Å². The molecule has 19 heteroatoms. The predicted molar refractivity (Wildman–Crippen MR) is 409 cm³/mol. The van der Waals surface area contributed by atoms with Crippen molar-refractivity contribution in [3.63, 3.8) is 0 Å². The number of phosphoric ester groups is 2. The van der Waals surface area contributed by atoms with Crippen LogP contribution in [0.25, 0.3) is 0 Å². The standard InChI is InChI=1S/C81H158O17P2/c1-7-10-12-14-16-18-20-22-23-24-25-26-27-30-34-38-42-46-54-60-66-81(86)97-76(69-91-78(83)63-57-51-44-40-37-33-31-28-29-32-35-39-43-49-55-61-73(4)5)71-95-99(87,88)93-67-75(82)68-94-100(89,90)96-72-77(70-92-79(84)64-58-52-48-47-50-56-62-74(6)9-3)98-80(85)65-59-53-45-41-36-21-19-17-15-13-11-8-2/h73-77,82H,7-72H2,1-6H3,(H,87,88)(H,89,90)/t74?,75-,76-,77-/m1/s1. The van der Waals surface area contributed by atoms with E-state index in [4.69, 9.17) is 37.0 Å². The van der Waals surface area contributed by atoms with E-state index in [0.29, 0.717) is 25.7 Å². The Morgan fingerprint density at radius 2 is 0.510 bits per heavy atom. The summed E-state index contributed by atoms with van der Waals surface area (Å²) >= 11 is 0. The predicted octanol–water partition coefficient (Wildman–Crippen LogP) is 24.3. The third-order valence-corrected chi connectivity index (χ3v) is 21.2. The van der Waals surface area contributed by atoms with Gasteiger partial charge in [-0.1, -0.05) is 375 Å². The summed E-state index contributed by atoms with van der Waals surface area (Å²) in [5.74, 6) is -0.572. The number of rotatable bonds is 80. The Morgan fingerprint density at radius 1 is 0.290 bits per heavy atom. The number of hydrogen-bond donors (Lipinski definition) is 3. The molecule has 0 aliphatic rings. The Kier molecular flexibility index (Phi) is 71.2. The fourth-order valence-electron chi connectivity index (χ4n) is 12.5. The van der Waals surface area contributed by atoms with Crippen LogP contribution in [0.3, 0.4) is 0 Å². The molecule has 0 aromatic heterocycles. The first kappa shape index (κ1) is 98.1. The average Bonchev–Trinajstić information content (AvgIpc) is 0.917. The number of phosphoric acid groups is 2. The molecule has 100 heavy (non-hydrogen) atoms. The summed E-state index contributed by atoms with van der Waals surface area (Å²) < 4.78 is 68.7. The SMILES string of the molecule is CCCCCCCCCCCCCCCCCCCCCCC(=O)O[C@H](COC(=O)CCCCCCCCCCCCCCCCCC(C)C)COP(=O)(O)OC[C@@H](O)COP(=O)(O)OC[C@@H](COC(=O)CCCCCCCCC(C)CC)OC(=O)CCCCCCCCCCCCCC. The molecule has 0 aromatic rings. The zero-order valence-electron chi connectivity index (χ0n) is 65.5. The summed E-state index contributed by atoms with van der Waals surface area (Å²) in [7, 11) is -9.92. The first-order valence-corrected chi connectivity index (χ1v) is 45.0. The highest BCUT2D eigenvalue weighted by atomic mass is 31.2. The molecule has 0 aliphatic heterocycles. The smallest absolute Gasteiger partial charge is 0.462 e. The molecule has 0 bridgehead atoms. The Hall–Kier alpha value is -1.94. The van der Waals surface area contributed by atoms with Crippen LogP contribution < -0.4 is 0 Å². The van der Waals surface area contributed by atoms with E-state index in [2.05, 4.69) is 41.5 Å². The maximum absolute atomic E-state index is 13.1. The van der Waals surface area contributed by atoms with Crippen molar-refractivity contribution in [1.29, 1.82) is 0 Å². The Labute approximate surface area is 613 Å². The largest absolute Gasteiger partial charge is 0.472 e. The first-order chi connectivity index (χ1) is 48.4. The van der Waals surface area contributed by atoms with Crippen molar-refractivity contribution in [2.24, 2.45) is 11.8 Å². The van der Waals surface area contributed by atoms with Crippen molar-refractivity contribution in [3.8, 4) is 0 Å². The van der Waals surface area contributed by atoms with Gasteiger partial charge in [0.1, 0.15) is 19.3 Å². The lowest BCUT2D eigenvalue weighted by molar-refractivity contribution is -0.161. The fraction of sp³-hybridized carbons (Fsp3) is 0.951. The van der Waals surface area contributed by atoms with Gasteiger partial charge in [0.2, 0.25) is 0 Å². The molecule has 0 rings (SSSR count). The average molecular weight is 1470 g/mol. The molecule has 0 saturated carbocycles. The Morgan fingerprint density at radius 3 is 0.760 bits per heavy atom. The van der Waals surface area contributed by atoms with E-state index in [0.717, 1.165) is 108 Å². The van der Waals surface area contributed by atoms with Gasteiger partial charge < -0.3 is 33.8 Å². The van der Waals surface area contributed by atoms with Crippen LogP contribution in [0, 0.1) is 11.8 Å². The van der Waals surface area contributed by atoms with Gasteiger partial charge in [0.15, 0.2) is 12.2 Å². The molecular weight excluding hydrogens is 1310 g/mol. The third kappa shape index (κ3) is 73.0. The third-order valence-electron chi connectivity index (χ3n) is 19.3. The van der Waals surface area contributed by atoms with Gasteiger partial charge in [-0.15, -0.1) is 0 Å². The summed E-state index contributed by atoms with van der Waals surface area (Å²) in [6.45, 7) is 9.62. The molecule has 594 valence electrons. The Bertz CT molecular complexity index is 1930. The maximum Gasteiger partial charge on any atom is 0.472 e. The van der Waals surface area contributed by atoms with E-state index in [-0.39, 0.29) is 25.7 Å². The van der Waals surface area contributed by atoms with Gasteiger partial charge in [0, 0.05) is 25.7 Å². The van der Waals surface area contributed by atoms with E-state index in [1.165, 1.54) is 238 Å². The zero-order chi connectivity index (χ0) is 73.5. The first-order valence-electron chi connectivity index (χ1n) is 42.0. The zero-order valence-corrected chi connectivity index (χ0v) is 67.3. The molecular formula is C81H158O17P2. The number of aliphatic hydroxyl groups excluding tert-OH is 1. The molecule has 0 saturated heterocycles. The monoisotopic (exact) mass is 1470 g/mol. The summed E-state index contributed by atoms with van der Waals surface area (Å²) in [6, 6.07) is 0. The summed E-state index contributed by atoms with van der Waals surface area (Å²) in [6.07, 6.45) is 62.5. The van der Waals surface area contributed by atoms with Gasteiger partial charge in [-0.2, -0.15) is 0 Å². The second-order valence-electron chi connectivity index (χ2n) is 29.9. The number of unbranched alkanes of at least 4 members (excludes halogenated alkanes) is 49. The van der Waals surface area contributed by atoms with E-state index in [1.54, 1.807) is 0 Å². The summed E-state index contributed by atoms with van der Waals surface area (Å²) in [4.78, 5) is 73.0. The maximum atomic E-state index is 13.1. The van der Waals surface area contributed by atoms with E-state index in [9.17, 15) is 43.2 Å². The van der Waals surface area contributed by atoms with Gasteiger partial charge in [-0.25, -0.2) is 9.13 Å². The second-order valence-corrected chi connectivity index (χ2v) is 32.8. The normalized spacial score (nSPS) is 14.2. The molecule has 6 atom stereocenters. The molecule has 17 nitrogen and oxygen atoms in total. The van der Waals surface area contributed by atoms with Crippen molar-refractivity contribution in [1.82, 2.24) is 0 Å². The molecule has 3 N–H and O–H groups in total. The minimum absolute atomic E-state index is 0.107. The van der Waals surface area contributed by atoms with Crippen molar-refractivity contribution in [3.05, 3.63) is 0 Å². The van der Waals surface area contributed by atoms with Crippen LogP contribution in [0.4, 0.5) is 0 Å². The minimum Gasteiger partial charge on any atom is -0.462 e. The Balaban J connectivity index is 5.22. The number of ether oxygens (including phenoxy) is 4. The molecule has 0 aliphatic carbocycles. The van der Waals surface area contributed by atoms with Crippen molar-refractivity contribution < 1.29 is 80.2 Å². The summed E-state index contributed by atoms with van der Waals surface area (Å²) in [5.41, 5.74) is 0. The van der Waals surface area contributed by atoms with Crippen LogP contribution in [0.15, 0.2) is 0 Å². The summed E-state index contributed by atoms with van der Waals surface area (Å²) in [5, 5.41) is 10.6. The quantitative estimate of drug-likeness (QED) is 0.0222. The molecule has 0 spiro atoms. The molecule has 0 radical (unpaired) electrons. The van der Waals surface area contributed by atoms with E-state index < -0.39 is 97.5 Å². The van der Waals surface area contributed by atoms with Crippen LogP contribution in [-0.4, -0.2) is 96.7 Å². The molecule has 0 aromatic carbocycles. The van der Waals surface area contributed by atoms with Crippen molar-refractivity contribution in [2.45, 2.75) is 445 Å². The van der Waals surface area contributed by atoms with E-state index in [1.807, 2.05) is 0 Å².